The largest absolute Gasteiger partial charge is 0.353 e. The number of carbonyl (C=O) groups excluding carboxylic acids is 1. The standard InChI is InChI=1S/C20H27FN4OS/c1-5-12-25-19(16-8-10-17(21)11-9-16)23-24-20(25)27-13-18(26)22-15(4)7-6-14(2)3/h5,8-11,14-15H,1,6-7,12-13H2,2-4H3,(H,22,26)/t15-/m1/s1. The molecule has 27 heavy (non-hydrogen) atoms. The molecule has 2 aromatic rings. The molecule has 5 nitrogen and oxygen atoms in total. The van der Waals surface area contributed by atoms with E-state index in [9.17, 15) is 9.18 Å². The van der Waals surface area contributed by atoms with Gasteiger partial charge in [0.15, 0.2) is 11.0 Å². The van der Waals surface area contributed by atoms with Gasteiger partial charge in [0.05, 0.1) is 5.75 Å². The van der Waals surface area contributed by atoms with E-state index in [1.54, 1.807) is 18.2 Å². The number of carbonyl (C=O) groups is 1. The van der Waals surface area contributed by atoms with Crippen LogP contribution in [0.25, 0.3) is 11.4 Å². The molecule has 0 bridgehead atoms. The van der Waals surface area contributed by atoms with Crippen molar-refractivity contribution in [3.05, 3.63) is 42.7 Å². The van der Waals surface area contributed by atoms with E-state index in [1.165, 1.54) is 23.9 Å². The van der Waals surface area contributed by atoms with Crippen LogP contribution in [0.5, 0.6) is 0 Å². The Bertz CT molecular complexity index is 758. The van der Waals surface area contributed by atoms with E-state index in [-0.39, 0.29) is 23.5 Å². The Morgan fingerprint density at radius 2 is 1.96 bits per heavy atom. The molecule has 0 aliphatic heterocycles. The van der Waals surface area contributed by atoms with Gasteiger partial charge in [0.1, 0.15) is 5.82 Å². The molecule has 0 saturated carbocycles. The van der Waals surface area contributed by atoms with E-state index < -0.39 is 0 Å². The van der Waals surface area contributed by atoms with Gasteiger partial charge >= 0.3 is 0 Å². The lowest BCUT2D eigenvalue weighted by Gasteiger charge is -2.15. The molecule has 0 spiro atoms. The van der Waals surface area contributed by atoms with Gasteiger partial charge in [-0.3, -0.25) is 9.36 Å². The van der Waals surface area contributed by atoms with Crippen LogP contribution in [0.3, 0.4) is 0 Å². The molecular weight excluding hydrogens is 363 g/mol. The first-order valence-corrected chi connectivity index (χ1v) is 10.1. The average Bonchev–Trinajstić information content (AvgIpc) is 3.02. The van der Waals surface area contributed by atoms with Crippen LogP contribution in [0.4, 0.5) is 4.39 Å². The highest BCUT2D eigenvalue weighted by atomic mass is 32.2. The molecule has 1 amide bonds. The molecule has 0 radical (unpaired) electrons. The zero-order chi connectivity index (χ0) is 19.8. The highest BCUT2D eigenvalue weighted by Gasteiger charge is 2.16. The summed E-state index contributed by atoms with van der Waals surface area (Å²) in [6.45, 7) is 10.7. The number of allylic oxidation sites excluding steroid dienone is 1. The SMILES string of the molecule is C=CCn1c(SCC(=O)N[C@H](C)CCC(C)C)nnc1-c1ccc(F)cc1. The van der Waals surface area contributed by atoms with Crippen LogP contribution in [-0.4, -0.2) is 32.5 Å². The lowest BCUT2D eigenvalue weighted by atomic mass is 10.0. The number of aromatic nitrogens is 3. The molecule has 146 valence electrons. The highest BCUT2D eigenvalue weighted by Crippen LogP contribution is 2.24. The van der Waals surface area contributed by atoms with Crippen molar-refractivity contribution in [2.24, 2.45) is 5.92 Å². The van der Waals surface area contributed by atoms with E-state index >= 15 is 0 Å². The summed E-state index contributed by atoms with van der Waals surface area (Å²) >= 11 is 1.34. The number of thioether (sulfide) groups is 1. The van der Waals surface area contributed by atoms with Crippen LogP contribution in [0.2, 0.25) is 0 Å². The van der Waals surface area contributed by atoms with Gasteiger partial charge in [-0.15, -0.1) is 16.8 Å². The van der Waals surface area contributed by atoms with Crippen LogP contribution in [0.1, 0.15) is 33.6 Å². The number of nitrogens with one attached hydrogen (secondary N) is 1. The Morgan fingerprint density at radius 3 is 2.59 bits per heavy atom. The summed E-state index contributed by atoms with van der Waals surface area (Å²) in [5, 5.41) is 12.1. The van der Waals surface area contributed by atoms with Gasteiger partial charge in [0.2, 0.25) is 5.91 Å². The van der Waals surface area contributed by atoms with Crippen LogP contribution < -0.4 is 5.32 Å². The summed E-state index contributed by atoms with van der Waals surface area (Å²) in [6, 6.07) is 6.26. The minimum Gasteiger partial charge on any atom is -0.353 e. The molecule has 1 N–H and O–H groups in total. The second-order valence-corrected chi connectivity index (χ2v) is 7.88. The fourth-order valence-corrected chi connectivity index (χ4v) is 3.36. The average molecular weight is 391 g/mol. The molecule has 0 aliphatic rings. The van der Waals surface area contributed by atoms with Gasteiger partial charge in [-0.1, -0.05) is 31.7 Å². The summed E-state index contributed by atoms with van der Waals surface area (Å²) in [6.07, 6.45) is 3.80. The molecule has 0 fully saturated rings. The van der Waals surface area contributed by atoms with Gasteiger partial charge < -0.3 is 5.32 Å². The smallest absolute Gasteiger partial charge is 0.230 e. The maximum atomic E-state index is 13.2. The quantitative estimate of drug-likeness (QED) is 0.485. The minimum absolute atomic E-state index is 0.0206. The first-order valence-electron chi connectivity index (χ1n) is 9.13. The molecular formula is C20H27FN4OS. The number of hydrogen-bond acceptors (Lipinski definition) is 4. The maximum absolute atomic E-state index is 13.2. The highest BCUT2D eigenvalue weighted by molar-refractivity contribution is 7.99. The third kappa shape index (κ3) is 6.50. The van der Waals surface area contributed by atoms with E-state index in [0.29, 0.717) is 23.4 Å². The molecule has 0 unspecified atom stereocenters. The monoisotopic (exact) mass is 390 g/mol. The van der Waals surface area contributed by atoms with Crippen molar-refractivity contribution < 1.29 is 9.18 Å². The van der Waals surface area contributed by atoms with Crippen molar-refractivity contribution in [1.29, 1.82) is 0 Å². The number of nitrogens with zero attached hydrogens (tertiary/aromatic N) is 3. The number of rotatable bonds is 10. The van der Waals surface area contributed by atoms with E-state index in [4.69, 9.17) is 0 Å². The summed E-state index contributed by atoms with van der Waals surface area (Å²) in [5.74, 6) is 1.20. The number of hydrogen-bond donors (Lipinski definition) is 1. The summed E-state index contributed by atoms with van der Waals surface area (Å²) in [5.41, 5.74) is 0.768. The summed E-state index contributed by atoms with van der Waals surface area (Å²) < 4.78 is 15.0. The minimum atomic E-state index is -0.300. The van der Waals surface area contributed by atoms with E-state index in [0.717, 1.165) is 18.4 Å². The Morgan fingerprint density at radius 1 is 1.26 bits per heavy atom. The molecule has 2 rings (SSSR count). The van der Waals surface area contributed by atoms with Crippen molar-refractivity contribution in [3.8, 4) is 11.4 Å². The second kappa shape index (κ2) is 10.3. The Kier molecular flexibility index (Phi) is 8.03. The third-order valence-corrected chi connectivity index (χ3v) is 5.01. The Balaban J connectivity index is 2.01. The topological polar surface area (TPSA) is 59.8 Å². The van der Waals surface area contributed by atoms with Crippen molar-refractivity contribution in [3.63, 3.8) is 0 Å². The van der Waals surface area contributed by atoms with Gasteiger partial charge in [0.25, 0.3) is 0 Å². The van der Waals surface area contributed by atoms with Crippen molar-refractivity contribution in [2.45, 2.75) is 51.4 Å². The predicted octanol–water partition coefficient (Wildman–Crippen LogP) is 4.30. The van der Waals surface area contributed by atoms with Crippen molar-refractivity contribution in [1.82, 2.24) is 20.1 Å². The summed E-state index contributed by atoms with van der Waals surface area (Å²) in [7, 11) is 0. The van der Waals surface area contributed by atoms with Crippen LogP contribution >= 0.6 is 11.8 Å². The van der Waals surface area contributed by atoms with Crippen LogP contribution in [0.15, 0.2) is 42.1 Å². The molecule has 7 heteroatoms. The van der Waals surface area contributed by atoms with Gasteiger partial charge in [-0.25, -0.2) is 4.39 Å². The van der Waals surface area contributed by atoms with Gasteiger partial charge in [-0.05, 0) is 49.9 Å². The van der Waals surface area contributed by atoms with E-state index in [1.807, 2.05) is 11.5 Å². The van der Waals surface area contributed by atoms with Crippen molar-refractivity contribution >= 4 is 17.7 Å². The van der Waals surface area contributed by atoms with Crippen LogP contribution in [-0.2, 0) is 11.3 Å². The van der Waals surface area contributed by atoms with Gasteiger partial charge in [-0.2, -0.15) is 0 Å². The molecule has 0 saturated heterocycles. The third-order valence-electron chi connectivity index (χ3n) is 4.05. The first kappa shape index (κ1) is 21.2. The fraction of sp³-hybridized carbons (Fsp3) is 0.450. The Hall–Kier alpha value is -2.15. The molecule has 1 atom stereocenters. The molecule has 1 heterocycles. The maximum Gasteiger partial charge on any atom is 0.230 e. The predicted molar refractivity (Wildman–Crippen MR) is 108 cm³/mol. The first-order chi connectivity index (χ1) is 12.9. The van der Waals surface area contributed by atoms with E-state index in [2.05, 4.69) is 35.9 Å². The zero-order valence-electron chi connectivity index (χ0n) is 16.1. The second-order valence-electron chi connectivity index (χ2n) is 6.94. The zero-order valence-corrected chi connectivity index (χ0v) is 16.9. The van der Waals surface area contributed by atoms with Crippen molar-refractivity contribution in [2.75, 3.05) is 5.75 Å². The lowest BCUT2D eigenvalue weighted by molar-refractivity contribution is -0.119. The fourth-order valence-electron chi connectivity index (χ4n) is 2.60. The Labute approximate surface area is 164 Å². The summed E-state index contributed by atoms with van der Waals surface area (Å²) in [4.78, 5) is 12.2. The number of amides is 1. The molecule has 0 aliphatic carbocycles. The lowest BCUT2D eigenvalue weighted by Crippen LogP contribution is -2.34. The normalized spacial score (nSPS) is 12.2. The number of benzene rings is 1. The van der Waals surface area contributed by atoms with Gasteiger partial charge in [0, 0.05) is 18.2 Å². The van der Waals surface area contributed by atoms with Crippen LogP contribution in [0, 0.1) is 11.7 Å². The molecule has 1 aromatic carbocycles. The number of halogens is 1. The molecule has 1 aromatic heterocycles.